The zero-order valence-corrected chi connectivity index (χ0v) is 14.5. The fourth-order valence-electron chi connectivity index (χ4n) is 2.44. The third-order valence-electron chi connectivity index (χ3n) is 3.81. The van der Waals surface area contributed by atoms with Crippen molar-refractivity contribution < 1.29 is 9.59 Å². The topological polar surface area (TPSA) is 49.4 Å². The highest BCUT2D eigenvalue weighted by Gasteiger charge is 2.34. The van der Waals surface area contributed by atoms with Crippen LogP contribution in [-0.4, -0.2) is 22.8 Å². The van der Waals surface area contributed by atoms with Crippen LogP contribution in [0, 0.1) is 0 Å². The van der Waals surface area contributed by atoms with E-state index >= 15 is 0 Å². The third kappa shape index (κ3) is 4.55. The molecule has 0 aromatic rings. The lowest BCUT2D eigenvalue weighted by Gasteiger charge is -2.34. The number of nitrogens with zero attached hydrogens (tertiary/aromatic N) is 1. The number of allylic oxidation sites excluding steroid dienone is 6. The average Bonchev–Trinajstić information content (AvgIpc) is 2.49. The van der Waals surface area contributed by atoms with E-state index in [1.165, 1.54) is 4.90 Å². The Hall–Kier alpha value is -2.36. The van der Waals surface area contributed by atoms with E-state index in [4.69, 9.17) is 0 Å². The summed E-state index contributed by atoms with van der Waals surface area (Å²) < 4.78 is 0. The zero-order chi connectivity index (χ0) is 17.6. The number of carbonyl (C=O) groups excluding carboxylic acids is 2. The summed E-state index contributed by atoms with van der Waals surface area (Å²) in [5.41, 5.74) is 2.67. The minimum Gasteiger partial charge on any atom is -0.329 e. The first-order chi connectivity index (χ1) is 10.8. The molecule has 1 fully saturated rings. The van der Waals surface area contributed by atoms with Crippen molar-refractivity contribution >= 4 is 11.8 Å². The molecule has 23 heavy (non-hydrogen) atoms. The molecule has 124 valence electrons. The summed E-state index contributed by atoms with van der Waals surface area (Å²) in [5.74, 6) is -0.417. The second-order valence-corrected chi connectivity index (χ2v) is 5.64. The quantitative estimate of drug-likeness (QED) is 0.622. The molecule has 1 N–H and O–H groups in total. The van der Waals surface area contributed by atoms with Gasteiger partial charge in [0.25, 0.3) is 5.91 Å². The van der Waals surface area contributed by atoms with Crippen LogP contribution < -0.4 is 5.32 Å². The Bertz CT molecular complexity index is 609. The van der Waals surface area contributed by atoms with Crippen LogP contribution in [0.2, 0.25) is 0 Å². The minimum absolute atomic E-state index is 0.207. The van der Waals surface area contributed by atoms with E-state index in [2.05, 4.69) is 18.5 Å². The van der Waals surface area contributed by atoms with E-state index in [-0.39, 0.29) is 11.8 Å². The molecule has 1 aliphatic heterocycles. The molecule has 0 aliphatic carbocycles. The van der Waals surface area contributed by atoms with Crippen molar-refractivity contribution in [3.8, 4) is 0 Å². The van der Waals surface area contributed by atoms with E-state index in [1.807, 2.05) is 39.0 Å². The predicted octanol–water partition coefficient (Wildman–Crippen LogP) is 3.61. The van der Waals surface area contributed by atoms with Gasteiger partial charge in [-0.15, -0.1) is 0 Å². The molecule has 1 rings (SSSR count). The minimum atomic E-state index is -0.552. The molecule has 0 saturated carbocycles. The fraction of sp³-hybridized carbons (Fsp3) is 0.368. The van der Waals surface area contributed by atoms with Gasteiger partial charge in [0, 0.05) is 17.0 Å². The fourth-order valence-corrected chi connectivity index (χ4v) is 2.44. The summed E-state index contributed by atoms with van der Waals surface area (Å²) in [6.07, 6.45) is 8.54. The Kier molecular flexibility index (Phi) is 6.76. The van der Waals surface area contributed by atoms with Gasteiger partial charge in [0.1, 0.15) is 6.04 Å². The maximum absolute atomic E-state index is 13.0. The van der Waals surface area contributed by atoms with Crippen LogP contribution in [0.15, 0.2) is 60.0 Å². The van der Waals surface area contributed by atoms with Crippen LogP contribution in [-0.2, 0) is 9.59 Å². The maximum atomic E-state index is 13.0. The molecule has 0 radical (unpaired) electrons. The van der Waals surface area contributed by atoms with Crippen molar-refractivity contribution in [3.05, 3.63) is 60.0 Å². The molecule has 1 unspecified atom stereocenters. The molecule has 0 aromatic heterocycles. The van der Waals surface area contributed by atoms with Gasteiger partial charge in [0.05, 0.1) is 0 Å². The predicted molar refractivity (Wildman–Crippen MR) is 94.3 cm³/mol. The Morgan fingerprint density at radius 3 is 2.48 bits per heavy atom. The van der Waals surface area contributed by atoms with Gasteiger partial charge in [0.15, 0.2) is 0 Å². The van der Waals surface area contributed by atoms with Crippen molar-refractivity contribution in [1.29, 1.82) is 0 Å². The SMILES string of the molecule is C=C1CCC(N(C(=C)C)C(=O)C(=C/C=C\C)/C(C)=C\C)C(=O)N1. The van der Waals surface area contributed by atoms with Crippen molar-refractivity contribution in [3.63, 3.8) is 0 Å². The standard InChI is InChI=1S/C19H26N2O2/c1-7-9-10-16(14(5)8-2)19(23)21(13(3)4)17-12-11-15(6)20-18(17)22/h7-10,17H,3,6,11-12H2,1-2,4-5H3,(H,20,22)/b9-7-,14-8-,16-10+. The van der Waals surface area contributed by atoms with E-state index in [1.54, 1.807) is 13.0 Å². The Balaban J connectivity index is 3.22. The lowest BCUT2D eigenvalue weighted by Crippen LogP contribution is -2.51. The molecule has 0 bridgehead atoms. The lowest BCUT2D eigenvalue weighted by atomic mass is 9.99. The average molecular weight is 314 g/mol. The summed E-state index contributed by atoms with van der Waals surface area (Å²) >= 11 is 0. The largest absolute Gasteiger partial charge is 0.329 e. The van der Waals surface area contributed by atoms with Crippen molar-refractivity contribution in [2.75, 3.05) is 0 Å². The number of carbonyl (C=O) groups is 2. The summed E-state index contributed by atoms with van der Waals surface area (Å²) in [7, 11) is 0. The molecule has 1 heterocycles. The van der Waals surface area contributed by atoms with Crippen LogP contribution in [0.5, 0.6) is 0 Å². The molecule has 1 atom stereocenters. The molecule has 2 amide bonds. The normalized spacial score (nSPS) is 19.7. The highest BCUT2D eigenvalue weighted by molar-refractivity contribution is 6.01. The number of amides is 2. The van der Waals surface area contributed by atoms with Crippen LogP contribution in [0.1, 0.15) is 40.5 Å². The number of hydrogen-bond donors (Lipinski definition) is 1. The smallest absolute Gasteiger partial charge is 0.258 e. The number of hydrogen-bond acceptors (Lipinski definition) is 2. The summed E-state index contributed by atoms with van der Waals surface area (Å²) in [6, 6.07) is -0.552. The van der Waals surface area contributed by atoms with Crippen LogP contribution in [0.25, 0.3) is 0 Å². The summed E-state index contributed by atoms with van der Waals surface area (Å²) in [5, 5.41) is 2.73. The summed E-state index contributed by atoms with van der Waals surface area (Å²) in [6.45, 7) is 15.1. The van der Waals surface area contributed by atoms with E-state index in [9.17, 15) is 9.59 Å². The van der Waals surface area contributed by atoms with Crippen molar-refractivity contribution in [2.24, 2.45) is 0 Å². The molecule has 0 spiro atoms. The highest BCUT2D eigenvalue weighted by Crippen LogP contribution is 2.24. The lowest BCUT2D eigenvalue weighted by molar-refractivity contribution is -0.136. The van der Waals surface area contributed by atoms with Gasteiger partial charge in [-0.1, -0.05) is 31.4 Å². The first-order valence-electron chi connectivity index (χ1n) is 7.77. The van der Waals surface area contributed by atoms with Gasteiger partial charge in [-0.05, 0) is 52.2 Å². The van der Waals surface area contributed by atoms with E-state index in [0.29, 0.717) is 29.8 Å². The summed E-state index contributed by atoms with van der Waals surface area (Å²) in [4.78, 5) is 26.8. The van der Waals surface area contributed by atoms with Gasteiger partial charge in [-0.25, -0.2) is 0 Å². The Morgan fingerprint density at radius 2 is 2.00 bits per heavy atom. The van der Waals surface area contributed by atoms with Crippen LogP contribution in [0.3, 0.4) is 0 Å². The Labute approximate surface area is 138 Å². The van der Waals surface area contributed by atoms with E-state index in [0.717, 1.165) is 5.57 Å². The first-order valence-corrected chi connectivity index (χ1v) is 7.77. The third-order valence-corrected chi connectivity index (χ3v) is 3.81. The van der Waals surface area contributed by atoms with Gasteiger partial charge in [0.2, 0.25) is 5.91 Å². The number of nitrogens with one attached hydrogen (secondary N) is 1. The highest BCUT2D eigenvalue weighted by atomic mass is 16.2. The number of rotatable bonds is 5. The molecule has 0 aromatic carbocycles. The molecule has 1 aliphatic rings. The zero-order valence-electron chi connectivity index (χ0n) is 14.5. The molecular formula is C19H26N2O2. The second kappa shape index (κ2) is 8.32. The molecule has 1 saturated heterocycles. The van der Waals surface area contributed by atoms with Crippen molar-refractivity contribution in [2.45, 2.75) is 46.6 Å². The van der Waals surface area contributed by atoms with Gasteiger partial charge >= 0.3 is 0 Å². The van der Waals surface area contributed by atoms with Crippen LogP contribution in [0.4, 0.5) is 0 Å². The first kappa shape index (κ1) is 18.7. The molecule has 4 nitrogen and oxygen atoms in total. The molecule has 4 heteroatoms. The maximum Gasteiger partial charge on any atom is 0.258 e. The van der Waals surface area contributed by atoms with Gasteiger partial charge in [-0.2, -0.15) is 0 Å². The van der Waals surface area contributed by atoms with Gasteiger partial charge in [-0.3, -0.25) is 9.59 Å². The molecular weight excluding hydrogens is 288 g/mol. The Morgan fingerprint density at radius 1 is 1.35 bits per heavy atom. The number of piperidine rings is 1. The monoisotopic (exact) mass is 314 g/mol. The van der Waals surface area contributed by atoms with Crippen LogP contribution >= 0.6 is 0 Å². The van der Waals surface area contributed by atoms with Crippen molar-refractivity contribution in [1.82, 2.24) is 10.2 Å². The van der Waals surface area contributed by atoms with E-state index < -0.39 is 6.04 Å². The second-order valence-electron chi connectivity index (χ2n) is 5.64. The van der Waals surface area contributed by atoms with Gasteiger partial charge < -0.3 is 10.2 Å².